The molecule has 7 heteroatoms. The van der Waals surface area contributed by atoms with Crippen LogP contribution in [0, 0.1) is 32.8 Å². The SMILES string of the molecule is COCCN(CCC#N)c1cc(C#N)ccc1[N+](=O)[O-]. The average Bonchev–Trinajstić information content (AvgIpc) is 2.46. The molecule has 0 heterocycles. The number of anilines is 1. The second kappa shape index (κ2) is 7.72. The Morgan fingerprint density at radius 1 is 1.40 bits per heavy atom. The van der Waals surface area contributed by atoms with Gasteiger partial charge in [-0.2, -0.15) is 10.5 Å². The molecule has 0 aliphatic heterocycles. The quantitative estimate of drug-likeness (QED) is 0.555. The van der Waals surface area contributed by atoms with E-state index in [1.54, 1.807) is 4.90 Å². The molecule has 0 saturated heterocycles. The van der Waals surface area contributed by atoms with E-state index in [1.807, 2.05) is 12.1 Å². The van der Waals surface area contributed by atoms with Gasteiger partial charge in [-0.3, -0.25) is 10.1 Å². The maximum absolute atomic E-state index is 11.1. The standard InChI is InChI=1S/C13H14N4O3/c1-20-8-7-16(6-2-5-14)13-9-11(10-15)3-4-12(13)17(18)19/h3-4,9H,2,6-8H2,1H3. The maximum Gasteiger partial charge on any atom is 0.292 e. The minimum absolute atomic E-state index is 0.0851. The molecule has 1 rings (SSSR count). The number of benzene rings is 1. The monoisotopic (exact) mass is 274 g/mol. The van der Waals surface area contributed by atoms with Crippen molar-refractivity contribution in [3.05, 3.63) is 33.9 Å². The Bertz CT molecular complexity index is 560. The van der Waals surface area contributed by atoms with E-state index < -0.39 is 4.92 Å². The first-order chi connectivity index (χ1) is 9.63. The zero-order valence-corrected chi connectivity index (χ0v) is 11.1. The first kappa shape index (κ1) is 15.4. The predicted molar refractivity (Wildman–Crippen MR) is 72.1 cm³/mol. The number of nitrogens with zero attached hydrogens (tertiary/aromatic N) is 4. The maximum atomic E-state index is 11.1. The van der Waals surface area contributed by atoms with Crippen LogP contribution in [0.25, 0.3) is 0 Å². The Balaban J connectivity index is 3.17. The lowest BCUT2D eigenvalue weighted by Crippen LogP contribution is -2.28. The molecule has 0 aromatic heterocycles. The van der Waals surface area contributed by atoms with E-state index in [4.69, 9.17) is 15.3 Å². The Labute approximate surface area is 116 Å². The Morgan fingerprint density at radius 2 is 2.15 bits per heavy atom. The number of nitriles is 2. The fourth-order valence-corrected chi connectivity index (χ4v) is 1.74. The molecule has 0 amide bonds. The van der Waals surface area contributed by atoms with Crippen LogP contribution >= 0.6 is 0 Å². The lowest BCUT2D eigenvalue weighted by Gasteiger charge is -2.23. The molecule has 0 unspecified atom stereocenters. The van der Waals surface area contributed by atoms with Gasteiger partial charge in [0.1, 0.15) is 5.69 Å². The summed E-state index contributed by atoms with van der Waals surface area (Å²) in [6, 6.07) is 8.13. The summed E-state index contributed by atoms with van der Waals surface area (Å²) in [4.78, 5) is 12.3. The van der Waals surface area contributed by atoms with Gasteiger partial charge >= 0.3 is 0 Å². The molecular weight excluding hydrogens is 260 g/mol. The average molecular weight is 274 g/mol. The van der Waals surface area contributed by atoms with Gasteiger partial charge in [0.15, 0.2) is 0 Å². The summed E-state index contributed by atoms with van der Waals surface area (Å²) in [5.74, 6) is 0. The molecule has 0 saturated carbocycles. The van der Waals surface area contributed by atoms with Crippen molar-refractivity contribution in [2.75, 3.05) is 31.7 Å². The number of nitro groups is 1. The summed E-state index contributed by atoms with van der Waals surface area (Å²) in [7, 11) is 1.53. The van der Waals surface area contributed by atoms with Crippen LogP contribution in [0.2, 0.25) is 0 Å². The largest absolute Gasteiger partial charge is 0.383 e. The highest BCUT2D eigenvalue weighted by Gasteiger charge is 2.19. The third-order valence-corrected chi connectivity index (χ3v) is 2.70. The number of hydrogen-bond acceptors (Lipinski definition) is 6. The van der Waals surface area contributed by atoms with Gasteiger partial charge in [0.05, 0.1) is 35.7 Å². The van der Waals surface area contributed by atoms with E-state index >= 15 is 0 Å². The van der Waals surface area contributed by atoms with Crippen LogP contribution in [0.4, 0.5) is 11.4 Å². The molecule has 0 fully saturated rings. The molecule has 104 valence electrons. The summed E-state index contributed by atoms with van der Waals surface area (Å²) >= 11 is 0. The van der Waals surface area contributed by atoms with Crippen LogP contribution in [0.1, 0.15) is 12.0 Å². The predicted octanol–water partition coefficient (Wildman–Crippen LogP) is 1.83. The molecule has 0 radical (unpaired) electrons. The first-order valence-electron chi connectivity index (χ1n) is 5.93. The Morgan fingerprint density at radius 3 is 2.70 bits per heavy atom. The Kier molecular flexibility index (Phi) is 5.95. The third kappa shape index (κ3) is 3.94. The van der Waals surface area contributed by atoms with Gasteiger partial charge in [-0.1, -0.05) is 0 Å². The summed E-state index contributed by atoms with van der Waals surface area (Å²) in [6.45, 7) is 1.13. The molecule has 7 nitrogen and oxygen atoms in total. The molecule has 1 aromatic rings. The molecule has 0 atom stereocenters. The molecule has 20 heavy (non-hydrogen) atoms. The minimum atomic E-state index is -0.497. The number of rotatable bonds is 7. The summed E-state index contributed by atoms with van der Waals surface area (Å²) in [6.07, 6.45) is 0.234. The number of methoxy groups -OCH3 is 1. The van der Waals surface area contributed by atoms with Crippen molar-refractivity contribution in [3.63, 3.8) is 0 Å². The fraction of sp³-hybridized carbons (Fsp3) is 0.385. The summed E-state index contributed by atoms with van der Waals surface area (Å²) in [5, 5.41) is 28.7. The lowest BCUT2D eigenvalue weighted by atomic mass is 10.1. The highest BCUT2D eigenvalue weighted by Crippen LogP contribution is 2.29. The molecule has 0 aliphatic rings. The second-order valence-corrected chi connectivity index (χ2v) is 3.96. The van der Waals surface area contributed by atoms with E-state index in [0.717, 1.165) is 0 Å². The van der Waals surface area contributed by atoms with Crippen LogP contribution in [0.5, 0.6) is 0 Å². The van der Waals surface area contributed by atoms with Crippen molar-refractivity contribution < 1.29 is 9.66 Å². The molecule has 0 spiro atoms. The van der Waals surface area contributed by atoms with Crippen molar-refractivity contribution in [2.24, 2.45) is 0 Å². The third-order valence-electron chi connectivity index (χ3n) is 2.70. The van der Waals surface area contributed by atoms with Crippen molar-refractivity contribution >= 4 is 11.4 Å². The van der Waals surface area contributed by atoms with Gasteiger partial charge in [0.25, 0.3) is 5.69 Å². The lowest BCUT2D eigenvalue weighted by molar-refractivity contribution is -0.384. The highest BCUT2D eigenvalue weighted by molar-refractivity contribution is 5.66. The number of ether oxygens (including phenoxy) is 1. The van der Waals surface area contributed by atoms with E-state index in [0.29, 0.717) is 30.9 Å². The van der Waals surface area contributed by atoms with Gasteiger partial charge < -0.3 is 9.64 Å². The minimum Gasteiger partial charge on any atom is -0.383 e. The van der Waals surface area contributed by atoms with E-state index in [9.17, 15) is 10.1 Å². The molecule has 0 aliphatic carbocycles. The smallest absolute Gasteiger partial charge is 0.292 e. The topological polar surface area (TPSA) is 103 Å². The van der Waals surface area contributed by atoms with Gasteiger partial charge in [0.2, 0.25) is 0 Å². The number of nitro benzene ring substituents is 1. The van der Waals surface area contributed by atoms with E-state index in [-0.39, 0.29) is 12.1 Å². The van der Waals surface area contributed by atoms with Gasteiger partial charge in [-0.05, 0) is 12.1 Å². The van der Waals surface area contributed by atoms with Crippen LogP contribution in [0.15, 0.2) is 18.2 Å². The van der Waals surface area contributed by atoms with Gasteiger partial charge in [0, 0.05) is 26.3 Å². The number of hydrogen-bond donors (Lipinski definition) is 0. The zero-order chi connectivity index (χ0) is 15.0. The van der Waals surface area contributed by atoms with E-state index in [2.05, 4.69) is 0 Å². The molecule has 0 bridgehead atoms. The Hall–Kier alpha value is -2.64. The van der Waals surface area contributed by atoms with Crippen LogP contribution in [-0.4, -0.2) is 31.7 Å². The van der Waals surface area contributed by atoms with E-state index in [1.165, 1.54) is 25.3 Å². The normalized spacial score (nSPS) is 9.55. The van der Waals surface area contributed by atoms with Crippen molar-refractivity contribution in [1.29, 1.82) is 10.5 Å². The molecular formula is C13H14N4O3. The van der Waals surface area contributed by atoms with Gasteiger partial charge in [-0.25, -0.2) is 0 Å². The zero-order valence-electron chi connectivity index (χ0n) is 11.1. The summed E-state index contributed by atoms with van der Waals surface area (Å²) < 4.78 is 4.97. The molecule has 1 aromatic carbocycles. The van der Waals surface area contributed by atoms with Crippen LogP contribution in [-0.2, 0) is 4.74 Å². The van der Waals surface area contributed by atoms with Crippen LogP contribution < -0.4 is 4.90 Å². The van der Waals surface area contributed by atoms with Crippen LogP contribution in [0.3, 0.4) is 0 Å². The highest BCUT2D eigenvalue weighted by atomic mass is 16.6. The fourth-order valence-electron chi connectivity index (χ4n) is 1.74. The van der Waals surface area contributed by atoms with Crippen molar-refractivity contribution in [3.8, 4) is 12.1 Å². The molecule has 0 N–H and O–H groups in total. The van der Waals surface area contributed by atoms with Gasteiger partial charge in [-0.15, -0.1) is 0 Å². The van der Waals surface area contributed by atoms with Crippen molar-refractivity contribution in [2.45, 2.75) is 6.42 Å². The van der Waals surface area contributed by atoms with Crippen molar-refractivity contribution in [1.82, 2.24) is 0 Å². The second-order valence-electron chi connectivity index (χ2n) is 3.96. The first-order valence-corrected chi connectivity index (χ1v) is 5.93. The summed E-state index contributed by atoms with van der Waals surface area (Å²) in [5.41, 5.74) is 0.587.